The number of nitrogens with zero attached hydrogens (tertiary/aromatic N) is 5. The molecule has 0 spiro atoms. The van der Waals surface area contributed by atoms with Gasteiger partial charge in [-0.15, -0.1) is 0 Å². The Kier molecular flexibility index (Phi) is 9.31. The van der Waals surface area contributed by atoms with Crippen molar-refractivity contribution >= 4 is 34.8 Å². The number of anilines is 1. The minimum atomic E-state index is -0.974. The highest BCUT2D eigenvalue weighted by atomic mass is 16.8. The minimum Gasteiger partial charge on any atom is -0.497 e. The van der Waals surface area contributed by atoms with Crippen molar-refractivity contribution in [3.63, 3.8) is 0 Å². The van der Waals surface area contributed by atoms with Crippen molar-refractivity contribution in [2.24, 2.45) is 0 Å². The van der Waals surface area contributed by atoms with Crippen LogP contribution in [-0.2, 0) is 18.9 Å². The predicted molar refractivity (Wildman–Crippen MR) is 183 cm³/mol. The lowest BCUT2D eigenvalue weighted by Crippen LogP contribution is -2.38. The largest absolute Gasteiger partial charge is 0.497 e. The third-order valence-corrected chi connectivity index (χ3v) is 8.74. The first-order chi connectivity index (χ1) is 25.1. The quantitative estimate of drug-likeness (QED) is 0.146. The number of amides is 2. The highest BCUT2D eigenvalue weighted by Gasteiger charge is 2.56. The standard InChI is InChI=1S/C37H35N5O10/c1-37(2)51-29-27(18-49-36(45)23-10-16-26(48-5)17-11-23)50-35(30(29)52-37)41-20-40-28-31(41)38-19-39-32(28)42(33(43)21-6-12-24(46-3)13-7-21)34(44)22-8-14-25(47-4)15-9-22/h6-17,19-20,27,29-30,35H,18H2,1-5H3/t27-,29-,30-,35-/m1/s1. The first-order valence-electron chi connectivity index (χ1n) is 16.3. The molecule has 0 N–H and O–H groups in total. The smallest absolute Gasteiger partial charge is 0.338 e. The lowest BCUT2D eigenvalue weighted by atomic mass is 10.1. The van der Waals surface area contributed by atoms with E-state index in [1.807, 2.05) is 0 Å². The van der Waals surface area contributed by atoms with Crippen LogP contribution in [-0.4, -0.2) is 89.3 Å². The van der Waals surface area contributed by atoms with Crippen molar-refractivity contribution in [2.75, 3.05) is 32.8 Å². The molecule has 2 aliphatic rings. The predicted octanol–water partition coefficient (Wildman–Crippen LogP) is 4.61. The SMILES string of the molecule is COc1ccc(C(=O)OC[C@H]2O[C@@H](n3cnc4c(N(C(=O)c5ccc(OC)cc5)C(=O)c5ccc(OC)cc5)ncnc43)[C@@H]3OC(C)(C)O[C@@H]32)cc1. The van der Waals surface area contributed by atoms with Gasteiger partial charge >= 0.3 is 5.97 Å². The molecule has 15 heteroatoms. The molecule has 2 saturated heterocycles. The summed E-state index contributed by atoms with van der Waals surface area (Å²) in [5.74, 6) is -1.18. The monoisotopic (exact) mass is 709 g/mol. The van der Waals surface area contributed by atoms with E-state index in [-0.39, 0.29) is 34.7 Å². The zero-order valence-electron chi connectivity index (χ0n) is 28.9. The molecule has 2 amide bonds. The number of imide groups is 1. The van der Waals surface area contributed by atoms with E-state index in [1.165, 1.54) is 26.9 Å². The average molecular weight is 710 g/mol. The number of esters is 1. The molecule has 2 fully saturated rings. The second-order valence-electron chi connectivity index (χ2n) is 12.4. The van der Waals surface area contributed by atoms with Crippen molar-refractivity contribution in [2.45, 2.75) is 44.2 Å². The lowest BCUT2D eigenvalue weighted by Gasteiger charge is -2.25. The fourth-order valence-electron chi connectivity index (χ4n) is 6.18. The van der Waals surface area contributed by atoms with Crippen molar-refractivity contribution in [1.29, 1.82) is 0 Å². The second-order valence-corrected chi connectivity index (χ2v) is 12.4. The summed E-state index contributed by atoms with van der Waals surface area (Å²) in [4.78, 5) is 55.6. The number of hydrogen-bond donors (Lipinski definition) is 0. The third-order valence-electron chi connectivity index (χ3n) is 8.74. The summed E-state index contributed by atoms with van der Waals surface area (Å²) in [6.45, 7) is 3.43. The molecule has 7 rings (SSSR count). The Bertz CT molecular complexity index is 2040. The fourth-order valence-corrected chi connectivity index (χ4v) is 6.18. The van der Waals surface area contributed by atoms with Gasteiger partial charge in [-0.3, -0.25) is 14.2 Å². The van der Waals surface area contributed by atoms with Gasteiger partial charge in [-0.2, -0.15) is 0 Å². The van der Waals surface area contributed by atoms with Gasteiger partial charge in [0, 0.05) is 11.1 Å². The van der Waals surface area contributed by atoms with Gasteiger partial charge in [0.05, 0.1) is 33.2 Å². The number of methoxy groups -OCH3 is 3. The van der Waals surface area contributed by atoms with Crippen LogP contribution < -0.4 is 19.1 Å². The molecular formula is C37H35N5O10. The summed E-state index contributed by atoms with van der Waals surface area (Å²) in [5.41, 5.74) is 1.17. The van der Waals surface area contributed by atoms with Gasteiger partial charge in [-0.1, -0.05) is 0 Å². The maximum absolute atomic E-state index is 14.2. The van der Waals surface area contributed by atoms with Crippen molar-refractivity contribution < 1.29 is 47.5 Å². The number of fused-ring (bicyclic) bond motifs is 2. The van der Waals surface area contributed by atoms with Crippen LogP contribution in [0.5, 0.6) is 17.2 Å². The van der Waals surface area contributed by atoms with E-state index >= 15 is 0 Å². The number of ether oxygens (including phenoxy) is 7. The van der Waals surface area contributed by atoms with Crippen LogP contribution in [0.2, 0.25) is 0 Å². The van der Waals surface area contributed by atoms with E-state index < -0.39 is 48.1 Å². The summed E-state index contributed by atoms with van der Waals surface area (Å²) in [6, 6.07) is 19.3. The number of imidazole rings is 1. The minimum absolute atomic E-state index is 0.0474. The molecule has 0 bridgehead atoms. The molecule has 0 radical (unpaired) electrons. The van der Waals surface area contributed by atoms with Crippen LogP contribution in [0.15, 0.2) is 85.5 Å². The first-order valence-corrected chi connectivity index (χ1v) is 16.3. The normalized spacial score (nSPS) is 20.2. The van der Waals surface area contributed by atoms with Crippen LogP contribution in [0.3, 0.4) is 0 Å². The molecule has 0 unspecified atom stereocenters. The average Bonchev–Trinajstić information content (AvgIpc) is 3.84. The molecule has 2 aliphatic heterocycles. The summed E-state index contributed by atoms with van der Waals surface area (Å²) in [5, 5.41) is 0. The van der Waals surface area contributed by atoms with E-state index in [0.29, 0.717) is 22.8 Å². The van der Waals surface area contributed by atoms with E-state index in [4.69, 9.17) is 33.2 Å². The van der Waals surface area contributed by atoms with E-state index in [2.05, 4.69) is 15.0 Å². The molecule has 268 valence electrons. The number of carbonyl (C=O) groups excluding carboxylic acids is 3. The van der Waals surface area contributed by atoms with Crippen LogP contribution in [0.4, 0.5) is 5.82 Å². The topological polar surface area (TPSA) is 163 Å². The van der Waals surface area contributed by atoms with Crippen LogP contribution in [0.25, 0.3) is 11.2 Å². The number of benzene rings is 3. The van der Waals surface area contributed by atoms with E-state index in [1.54, 1.807) is 98.3 Å². The Balaban J connectivity index is 1.22. The van der Waals surface area contributed by atoms with E-state index in [9.17, 15) is 14.4 Å². The molecule has 2 aromatic heterocycles. The third kappa shape index (κ3) is 6.52. The first kappa shape index (κ1) is 34.5. The maximum atomic E-state index is 14.2. The Morgan fingerprint density at radius 1 is 0.731 bits per heavy atom. The van der Waals surface area contributed by atoms with E-state index in [0.717, 1.165) is 4.90 Å². The summed E-state index contributed by atoms with van der Waals surface area (Å²) in [6.07, 6.45) is -0.128. The van der Waals surface area contributed by atoms with Crippen molar-refractivity contribution in [3.05, 3.63) is 102 Å². The molecule has 4 atom stereocenters. The summed E-state index contributed by atoms with van der Waals surface area (Å²) < 4.78 is 41.9. The molecule has 3 aromatic carbocycles. The number of rotatable bonds is 10. The molecule has 4 heterocycles. The van der Waals surface area contributed by atoms with Crippen molar-refractivity contribution in [3.8, 4) is 17.2 Å². The molecule has 15 nitrogen and oxygen atoms in total. The maximum Gasteiger partial charge on any atom is 0.338 e. The second kappa shape index (κ2) is 14.0. The van der Waals surface area contributed by atoms with Crippen LogP contribution in [0, 0.1) is 0 Å². The molecular weight excluding hydrogens is 674 g/mol. The Hall–Kier alpha value is -5.90. The fraction of sp³-hybridized carbons (Fsp3) is 0.297. The number of carbonyl (C=O) groups is 3. The van der Waals surface area contributed by atoms with Gasteiger partial charge in [-0.25, -0.2) is 24.6 Å². The summed E-state index contributed by atoms with van der Waals surface area (Å²) >= 11 is 0. The molecule has 0 aliphatic carbocycles. The number of hydrogen-bond acceptors (Lipinski definition) is 13. The number of aromatic nitrogens is 4. The molecule has 52 heavy (non-hydrogen) atoms. The van der Waals surface area contributed by atoms with Crippen LogP contribution >= 0.6 is 0 Å². The van der Waals surface area contributed by atoms with Crippen LogP contribution in [0.1, 0.15) is 51.1 Å². The van der Waals surface area contributed by atoms with Gasteiger partial charge < -0.3 is 33.2 Å². The zero-order chi connectivity index (χ0) is 36.6. The van der Waals surface area contributed by atoms with Crippen molar-refractivity contribution in [1.82, 2.24) is 19.5 Å². The Morgan fingerprint density at radius 3 is 1.79 bits per heavy atom. The Labute approximate surface area is 297 Å². The molecule has 0 saturated carbocycles. The zero-order valence-corrected chi connectivity index (χ0v) is 28.9. The van der Waals surface area contributed by atoms with Gasteiger partial charge in [0.2, 0.25) is 0 Å². The molecule has 5 aromatic rings. The highest BCUT2D eigenvalue weighted by molar-refractivity contribution is 6.27. The van der Waals surface area contributed by atoms with Gasteiger partial charge in [0.1, 0.15) is 48.5 Å². The highest BCUT2D eigenvalue weighted by Crippen LogP contribution is 2.44. The van der Waals surface area contributed by atoms with Gasteiger partial charge in [0.25, 0.3) is 11.8 Å². The lowest BCUT2D eigenvalue weighted by molar-refractivity contribution is -0.199. The van der Waals surface area contributed by atoms with Gasteiger partial charge in [0.15, 0.2) is 29.0 Å². The Morgan fingerprint density at radius 2 is 1.25 bits per heavy atom. The summed E-state index contributed by atoms with van der Waals surface area (Å²) in [7, 11) is 4.57. The van der Waals surface area contributed by atoms with Gasteiger partial charge in [-0.05, 0) is 86.6 Å².